The summed E-state index contributed by atoms with van der Waals surface area (Å²) in [5.41, 5.74) is 9.81. The molecule has 0 atom stereocenters. The molecule has 0 aliphatic carbocycles. The van der Waals surface area contributed by atoms with Crippen molar-refractivity contribution in [3.05, 3.63) is 40.8 Å². The molecule has 0 spiro atoms. The monoisotopic (exact) mass is 271 g/mol. The van der Waals surface area contributed by atoms with E-state index in [2.05, 4.69) is 5.16 Å². The van der Waals surface area contributed by atoms with Gasteiger partial charge in [0.1, 0.15) is 11.3 Å². The third-order valence-electron chi connectivity index (χ3n) is 3.71. The fourth-order valence-corrected chi connectivity index (χ4v) is 2.75. The third-order valence-corrected chi connectivity index (χ3v) is 3.71. The van der Waals surface area contributed by atoms with Crippen LogP contribution in [0.5, 0.6) is 0 Å². The summed E-state index contributed by atoms with van der Waals surface area (Å²) < 4.78 is 5.10. The van der Waals surface area contributed by atoms with Crippen molar-refractivity contribution in [2.24, 2.45) is 0 Å². The largest absolute Gasteiger partial charge is 0.399 e. The smallest absolute Gasteiger partial charge is 0.263 e. The van der Waals surface area contributed by atoms with E-state index in [9.17, 15) is 4.79 Å². The molecule has 1 aromatic carbocycles. The SMILES string of the molecule is Cc1noc(C)c1C(=O)N1CCCc2cc(N)ccc21. The topological polar surface area (TPSA) is 72.4 Å². The van der Waals surface area contributed by atoms with Crippen LogP contribution in [0, 0.1) is 13.8 Å². The van der Waals surface area contributed by atoms with E-state index in [1.54, 1.807) is 18.7 Å². The van der Waals surface area contributed by atoms with Gasteiger partial charge in [-0.05, 0) is 50.5 Å². The van der Waals surface area contributed by atoms with Gasteiger partial charge >= 0.3 is 0 Å². The highest BCUT2D eigenvalue weighted by atomic mass is 16.5. The maximum absolute atomic E-state index is 12.7. The molecule has 1 aromatic heterocycles. The van der Waals surface area contributed by atoms with Crippen LogP contribution in [0.1, 0.15) is 33.8 Å². The number of aromatic nitrogens is 1. The average molecular weight is 271 g/mol. The molecule has 0 saturated heterocycles. The number of aryl methyl sites for hydroxylation is 3. The van der Waals surface area contributed by atoms with E-state index in [1.165, 1.54) is 0 Å². The molecule has 3 rings (SSSR count). The molecule has 0 bridgehead atoms. The Morgan fingerprint density at radius 3 is 2.90 bits per heavy atom. The number of amides is 1. The number of rotatable bonds is 1. The molecule has 2 heterocycles. The van der Waals surface area contributed by atoms with Gasteiger partial charge in [0.25, 0.3) is 5.91 Å². The zero-order valence-corrected chi connectivity index (χ0v) is 11.6. The van der Waals surface area contributed by atoms with E-state index in [0.717, 1.165) is 29.8 Å². The number of nitrogens with two attached hydrogens (primary N) is 1. The van der Waals surface area contributed by atoms with Crippen molar-refractivity contribution in [3.8, 4) is 0 Å². The molecule has 0 saturated carbocycles. The Hall–Kier alpha value is -2.30. The number of anilines is 2. The molecule has 5 heteroatoms. The van der Waals surface area contributed by atoms with Crippen LogP contribution in [-0.2, 0) is 6.42 Å². The quantitative estimate of drug-likeness (QED) is 0.809. The van der Waals surface area contributed by atoms with Gasteiger partial charge in [0.2, 0.25) is 0 Å². The highest BCUT2D eigenvalue weighted by Crippen LogP contribution is 2.30. The number of benzene rings is 1. The van der Waals surface area contributed by atoms with Gasteiger partial charge in [0.15, 0.2) is 0 Å². The van der Waals surface area contributed by atoms with Crippen LogP contribution in [0.15, 0.2) is 22.7 Å². The summed E-state index contributed by atoms with van der Waals surface area (Å²) in [7, 11) is 0. The summed E-state index contributed by atoms with van der Waals surface area (Å²) >= 11 is 0. The van der Waals surface area contributed by atoms with Gasteiger partial charge in [0, 0.05) is 17.9 Å². The number of carbonyl (C=O) groups is 1. The van der Waals surface area contributed by atoms with E-state index in [4.69, 9.17) is 10.3 Å². The highest BCUT2D eigenvalue weighted by Gasteiger charge is 2.27. The van der Waals surface area contributed by atoms with Gasteiger partial charge in [-0.25, -0.2) is 0 Å². The highest BCUT2D eigenvalue weighted by molar-refractivity contribution is 6.08. The Labute approximate surface area is 117 Å². The van der Waals surface area contributed by atoms with Crippen LogP contribution >= 0.6 is 0 Å². The van der Waals surface area contributed by atoms with Gasteiger partial charge in [-0.1, -0.05) is 5.16 Å². The molecule has 0 radical (unpaired) electrons. The van der Waals surface area contributed by atoms with E-state index in [1.807, 2.05) is 18.2 Å². The summed E-state index contributed by atoms with van der Waals surface area (Å²) in [6, 6.07) is 5.69. The van der Waals surface area contributed by atoms with Crippen molar-refractivity contribution < 1.29 is 9.32 Å². The van der Waals surface area contributed by atoms with E-state index >= 15 is 0 Å². The first-order chi connectivity index (χ1) is 9.58. The standard InChI is InChI=1S/C15H17N3O2/c1-9-14(10(2)20-17-9)15(19)18-7-3-4-11-8-12(16)5-6-13(11)18/h5-6,8H,3-4,7,16H2,1-2H3. The molecule has 1 aliphatic rings. The van der Waals surface area contributed by atoms with Gasteiger partial charge in [-0.2, -0.15) is 0 Å². The summed E-state index contributed by atoms with van der Waals surface area (Å²) in [4.78, 5) is 14.5. The molecule has 0 unspecified atom stereocenters. The lowest BCUT2D eigenvalue weighted by Gasteiger charge is -2.29. The second-order valence-electron chi connectivity index (χ2n) is 5.15. The van der Waals surface area contributed by atoms with E-state index in [0.29, 0.717) is 23.6 Å². The number of hydrogen-bond donors (Lipinski definition) is 1. The normalized spacial score (nSPS) is 14.2. The zero-order valence-electron chi connectivity index (χ0n) is 11.6. The van der Waals surface area contributed by atoms with Gasteiger partial charge in [-0.15, -0.1) is 0 Å². The number of hydrogen-bond acceptors (Lipinski definition) is 4. The predicted octanol–water partition coefficient (Wildman–Crippen LogP) is 2.47. The van der Waals surface area contributed by atoms with Crippen LogP contribution in [0.2, 0.25) is 0 Å². The Balaban J connectivity index is 2.03. The van der Waals surface area contributed by atoms with Gasteiger partial charge < -0.3 is 15.2 Å². The lowest BCUT2D eigenvalue weighted by atomic mass is 10.00. The Kier molecular flexibility index (Phi) is 2.97. The molecule has 1 aliphatic heterocycles. The molecule has 5 nitrogen and oxygen atoms in total. The van der Waals surface area contributed by atoms with Crippen molar-refractivity contribution >= 4 is 17.3 Å². The minimum atomic E-state index is -0.0491. The molecule has 104 valence electrons. The van der Waals surface area contributed by atoms with Gasteiger partial charge in [-0.3, -0.25) is 4.79 Å². The van der Waals surface area contributed by atoms with Crippen molar-refractivity contribution in [2.75, 3.05) is 17.2 Å². The molecule has 20 heavy (non-hydrogen) atoms. The molecule has 2 N–H and O–H groups in total. The molecule has 2 aromatic rings. The van der Waals surface area contributed by atoms with Crippen LogP contribution < -0.4 is 10.6 Å². The first-order valence-corrected chi connectivity index (χ1v) is 6.71. The summed E-state index contributed by atoms with van der Waals surface area (Å²) in [5, 5.41) is 3.86. The molecule has 1 amide bonds. The second-order valence-corrected chi connectivity index (χ2v) is 5.15. The van der Waals surface area contributed by atoms with E-state index < -0.39 is 0 Å². The second kappa shape index (κ2) is 4.67. The Morgan fingerprint density at radius 2 is 2.20 bits per heavy atom. The minimum Gasteiger partial charge on any atom is -0.399 e. The maximum atomic E-state index is 12.7. The number of carbonyl (C=O) groups excluding carboxylic acids is 1. The number of nitrogens with zero attached hydrogens (tertiary/aromatic N) is 2. The van der Waals surface area contributed by atoms with Crippen molar-refractivity contribution in [2.45, 2.75) is 26.7 Å². The Morgan fingerprint density at radius 1 is 1.40 bits per heavy atom. The molecule has 0 fully saturated rings. The van der Waals surface area contributed by atoms with Gasteiger partial charge in [0.05, 0.1) is 5.69 Å². The third kappa shape index (κ3) is 1.95. The van der Waals surface area contributed by atoms with Crippen LogP contribution in [-0.4, -0.2) is 17.6 Å². The molecular formula is C15H17N3O2. The van der Waals surface area contributed by atoms with Crippen molar-refractivity contribution in [1.82, 2.24) is 5.16 Å². The fraction of sp³-hybridized carbons (Fsp3) is 0.333. The van der Waals surface area contributed by atoms with Crippen molar-refractivity contribution in [3.63, 3.8) is 0 Å². The lowest BCUT2D eigenvalue weighted by Crippen LogP contribution is -2.36. The first-order valence-electron chi connectivity index (χ1n) is 6.71. The van der Waals surface area contributed by atoms with Crippen LogP contribution in [0.25, 0.3) is 0 Å². The average Bonchev–Trinajstić information content (AvgIpc) is 2.76. The number of fused-ring (bicyclic) bond motifs is 1. The van der Waals surface area contributed by atoms with Crippen LogP contribution in [0.4, 0.5) is 11.4 Å². The van der Waals surface area contributed by atoms with Crippen molar-refractivity contribution in [1.29, 1.82) is 0 Å². The Bertz CT molecular complexity index is 656. The summed E-state index contributed by atoms with van der Waals surface area (Å²) in [6.07, 6.45) is 1.89. The summed E-state index contributed by atoms with van der Waals surface area (Å²) in [5.74, 6) is 0.516. The lowest BCUT2D eigenvalue weighted by molar-refractivity contribution is 0.0983. The number of nitrogen functional groups attached to an aromatic ring is 1. The predicted molar refractivity (Wildman–Crippen MR) is 76.8 cm³/mol. The molecular weight excluding hydrogens is 254 g/mol. The summed E-state index contributed by atoms with van der Waals surface area (Å²) in [6.45, 7) is 4.26. The van der Waals surface area contributed by atoms with Crippen LogP contribution in [0.3, 0.4) is 0 Å². The maximum Gasteiger partial charge on any atom is 0.263 e. The first kappa shape index (κ1) is 12.7. The van der Waals surface area contributed by atoms with E-state index in [-0.39, 0.29) is 5.91 Å². The minimum absolute atomic E-state index is 0.0491. The fourth-order valence-electron chi connectivity index (χ4n) is 2.75. The zero-order chi connectivity index (χ0) is 14.3.